The van der Waals surface area contributed by atoms with Crippen LogP contribution in [0.25, 0.3) is 0 Å². The lowest BCUT2D eigenvalue weighted by molar-refractivity contribution is 0.314. The van der Waals surface area contributed by atoms with Crippen LogP contribution >= 0.6 is 11.8 Å². The molecule has 4 nitrogen and oxygen atoms in total. The Kier molecular flexibility index (Phi) is 6.34. The summed E-state index contributed by atoms with van der Waals surface area (Å²) in [6.45, 7) is 5.43. The second kappa shape index (κ2) is 8.52. The Hall–Kier alpha value is -1.75. The molecule has 1 aromatic carbocycles. The Bertz CT molecular complexity index is 529. The summed E-state index contributed by atoms with van der Waals surface area (Å²) in [7, 11) is 0. The van der Waals surface area contributed by atoms with Gasteiger partial charge < -0.3 is 9.47 Å². The summed E-state index contributed by atoms with van der Waals surface area (Å²) in [5, 5.41) is 0.785. The van der Waals surface area contributed by atoms with Crippen molar-refractivity contribution in [1.29, 1.82) is 0 Å². The highest BCUT2D eigenvalue weighted by Gasteiger charge is 1.99. The summed E-state index contributed by atoms with van der Waals surface area (Å²) in [5.74, 6) is 2.55. The molecule has 21 heavy (non-hydrogen) atoms. The van der Waals surface area contributed by atoms with Crippen molar-refractivity contribution in [2.45, 2.75) is 25.4 Å². The largest absolute Gasteiger partial charge is 0.494 e. The summed E-state index contributed by atoms with van der Waals surface area (Å²) >= 11 is 1.59. The van der Waals surface area contributed by atoms with Crippen LogP contribution in [0.1, 0.15) is 18.9 Å². The molecule has 0 unspecified atom stereocenters. The van der Waals surface area contributed by atoms with E-state index in [4.69, 9.17) is 9.47 Å². The Morgan fingerprint density at radius 2 is 1.52 bits per heavy atom. The van der Waals surface area contributed by atoms with Crippen molar-refractivity contribution in [3.05, 3.63) is 42.2 Å². The second-order valence-electron chi connectivity index (χ2n) is 4.56. The molecule has 2 rings (SSSR count). The van der Waals surface area contributed by atoms with Crippen LogP contribution in [0.2, 0.25) is 0 Å². The van der Waals surface area contributed by atoms with Crippen molar-refractivity contribution in [2.24, 2.45) is 0 Å². The minimum Gasteiger partial charge on any atom is -0.494 e. The molecule has 0 saturated heterocycles. The van der Waals surface area contributed by atoms with Crippen molar-refractivity contribution >= 4 is 11.8 Å². The number of benzene rings is 1. The lowest BCUT2D eigenvalue weighted by atomic mass is 10.3. The van der Waals surface area contributed by atoms with Gasteiger partial charge in [0.25, 0.3) is 0 Å². The van der Waals surface area contributed by atoms with Crippen LogP contribution in [-0.4, -0.2) is 28.9 Å². The van der Waals surface area contributed by atoms with E-state index in [9.17, 15) is 0 Å². The predicted molar refractivity (Wildman–Crippen MR) is 85.2 cm³/mol. The molecule has 0 aliphatic carbocycles. The molecule has 0 amide bonds. The smallest absolute Gasteiger partial charge is 0.187 e. The standard InChI is InChI=1S/C16H20N2O2S/c1-3-8-19-14-4-6-15(7-5-14)20-9-10-21-16-17-11-13(2)12-18-16/h4-7,11-12H,3,8-10H2,1-2H3. The zero-order valence-corrected chi connectivity index (χ0v) is 13.2. The van der Waals surface area contributed by atoms with Crippen molar-refractivity contribution in [3.8, 4) is 11.5 Å². The van der Waals surface area contributed by atoms with Gasteiger partial charge in [0, 0.05) is 18.1 Å². The first-order chi connectivity index (χ1) is 10.3. The van der Waals surface area contributed by atoms with Gasteiger partial charge >= 0.3 is 0 Å². The fourth-order valence-electron chi connectivity index (χ4n) is 1.60. The Labute approximate surface area is 129 Å². The number of thioether (sulfide) groups is 1. The van der Waals surface area contributed by atoms with Gasteiger partial charge in [0.2, 0.25) is 0 Å². The quantitative estimate of drug-likeness (QED) is 0.422. The van der Waals surface area contributed by atoms with Crippen LogP contribution in [-0.2, 0) is 0 Å². The lowest BCUT2D eigenvalue weighted by Crippen LogP contribution is -2.01. The van der Waals surface area contributed by atoms with Crippen molar-refractivity contribution in [2.75, 3.05) is 19.0 Å². The zero-order chi connectivity index (χ0) is 14.9. The van der Waals surface area contributed by atoms with E-state index in [1.54, 1.807) is 11.8 Å². The van der Waals surface area contributed by atoms with Crippen molar-refractivity contribution in [3.63, 3.8) is 0 Å². The van der Waals surface area contributed by atoms with Gasteiger partial charge in [-0.1, -0.05) is 18.7 Å². The summed E-state index contributed by atoms with van der Waals surface area (Å²) < 4.78 is 11.2. The van der Waals surface area contributed by atoms with Crippen LogP contribution in [0.3, 0.4) is 0 Å². The lowest BCUT2D eigenvalue weighted by Gasteiger charge is -2.07. The van der Waals surface area contributed by atoms with Gasteiger partial charge in [-0.3, -0.25) is 0 Å². The third kappa shape index (κ3) is 5.63. The molecule has 0 bridgehead atoms. The molecule has 0 fully saturated rings. The summed E-state index contributed by atoms with van der Waals surface area (Å²) in [6, 6.07) is 7.72. The van der Waals surface area contributed by atoms with Crippen molar-refractivity contribution < 1.29 is 9.47 Å². The van der Waals surface area contributed by atoms with Crippen LogP contribution < -0.4 is 9.47 Å². The summed E-state index contributed by atoms with van der Waals surface area (Å²) in [6.07, 6.45) is 4.66. The molecule has 1 aromatic heterocycles. The average Bonchev–Trinajstić information content (AvgIpc) is 2.52. The summed E-state index contributed by atoms with van der Waals surface area (Å²) in [4.78, 5) is 8.49. The zero-order valence-electron chi connectivity index (χ0n) is 12.4. The molecule has 0 saturated carbocycles. The normalized spacial score (nSPS) is 10.4. The van der Waals surface area contributed by atoms with E-state index in [0.29, 0.717) is 6.61 Å². The third-order valence-corrected chi connectivity index (χ3v) is 3.48. The molecule has 0 N–H and O–H groups in total. The fourth-order valence-corrected chi connectivity index (χ4v) is 2.20. The molecule has 1 heterocycles. The number of aryl methyl sites for hydroxylation is 1. The third-order valence-electron chi connectivity index (χ3n) is 2.64. The molecular weight excluding hydrogens is 284 g/mol. The minimum atomic E-state index is 0.622. The van der Waals surface area contributed by atoms with E-state index in [1.165, 1.54) is 0 Å². The van der Waals surface area contributed by atoms with Gasteiger partial charge in [-0.05, 0) is 43.2 Å². The molecule has 0 radical (unpaired) electrons. The highest BCUT2D eigenvalue weighted by atomic mass is 32.2. The van der Waals surface area contributed by atoms with E-state index in [-0.39, 0.29) is 0 Å². The number of nitrogens with zero attached hydrogens (tertiary/aromatic N) is 2. The highest BCUT2D eigenvalue weighted by Crippen LogP contribution is 2.18. The van der Waals surface area contributed by atoms with E-state index < -0.39 is 0 Å². The monoisotopic (exact) mass is 304 g/mol. The predicted octanol–water partition coefficient (Wildman–Crippen LogP) is 3.74. The second-order valence-corrected chi connectivity index (χ2v) is 5.62. The van der Waals surface area contributed by atoms with Gasteiger partial charge in [0.05, 0.1) is 13.2 Å². The van der Waals surface area contributed by atoms with E-state index in [0.717, 1.165) is 41.0 Å². The highest BCUT2D eigenvalue weighted by molar-refractivity contribution is 7.99. The SMILES string of the molecule is CCCOc1ccc(OCCSc2ncc(C)cn2)cc1. The molecule has 0 aliphatic rings. The molecule has 0 aliphatic heterocycles. The molecule has 0 atom stereocenters. The van der Waals surface area contributed by atoms with Crippen LogP contribution in [0.5, 0.6) is 11.5 Å². The van der Waals surface area contributed by atoms with E-state index in [1.807, 2.05) is 43.6 Å². The first-order valence-electron chi connectivity index (χ1n) is 7.05. The number of hydrogen-bond donors (Lipinski definition) is 0. The molecule has 0 spiro atoms. The maximum atomic E-state index is 5.68. The minimum absolute atomic E-state index is 0.622. The number of rotatable bonds is 8. The molecule has 5 heteroatoms. The average molecular weight is 304 g/mol. The fraction of sp³-hybridized carbons (Fsp3) is 0.375. The van der Waals surface area contributed by atoms with E-state index in [2.05, 4.69) is 16.9 Å². The number of hydrogen-bond acceptors (Lipinski definition) is 5. The van der Waals surface area contributed by atoms with E-state index >= 15 is 0 Å². The molecule has 2 aromatic rings. The molecule has 112 valence electrons. The van der Waals surface area contributed by atoms with Gasteiger partial charge in [0.1, 0.15) is 11.5 Å². The Morgan fingerprint density at radius 1 is 0.952 bits per heavy atom. The first-order valence-corrected chi connectivity index (χ1v) is 8.03. The molecular formula is C16H20N2O2S. The van der Waals surface area contributed by atoms with Gasteiger partial charge in [-0.15, -0.1) is 0 Å². The van der Waals surface area contributed by atoms with Crippen molar-refractivity contribution in [1.82, 2.24) is 9.97 Å². The summed E-state index contributed by atoms with van der Waals surface area (Å²) in [5.41, 5.74) is 1.07. The topological polar surface area (TPSA) is 44.2 Å². The first kappa shape index (κ1) is 15.6. The van der Waals surface area contributed by atoms with Crippen LogP contribution in [0.4, 0.5) is 0 Å². The van der Waals surface area contributed by atoms with Gasteiger partial charge in [-0.2, -0.15) is 0 Å². The number of aromatic nitrogens is 2. The maximum absolute atomic E-state index is 5.68. The number of ether oxygens (including phenoxy) is 2. The van der Waals surface area contributed by atoms with Crippen LogP contribution in [0.15, 0.2) is 41.8 Å². The van der Waals surface area contributed by atoms with Gasteiger partial charge in [-0.25, -0.2) is 9.97 Å². The Balaban J connectivity index is 1.69. The van der Waals surface area contributed by atoms with Crippen LogP contribution in [0, 0.1) is 6.92 Å². The maximum Gasteiger partial charge on any atom is 0.187 e. The van der Waals surface area contributed by atoms with Gasteiger partial charge in [0.15, 0.2) is 5.16 Å². The Morgan fingerprint density at radius 3 is 2.10 bits per heavy atom.